The van der Waals surface area contributed by atoms with Crippen molar-refractivity contribution in [2.45, 2.75) is 25.8 Å². The number of H-pyrrole nitrogens is 1. The number of carbonyl (C=O) groups is 2. The monoisotopic (exact) mass is 362 g/mol. The highest BCUT2D eigenvalue weighted by molar-refractivity contribution is 7.08. The van der Waals surface area contributed by atoms with E-state index in [1.807, 2.05) is 23.8 Å². The lowest BCUT2D eigenvalue weighted by molar-refractivity contribution is -0.123. The Balaban J connectivity index is 1.69. The van der Waals surface area contributed by atoms with Crippen LogP contribution in [0.2, 0.25) is 0 Å². The molecule has 2 aromatic rings. The summed E-state index contributed by atoms with van der Waals surface area (Å²) in [5.41, 5.74) is 2.16. The van der Waals surface area contributed by atoms with Gasteiger partial charge in [0.15, 0.2) is 0 Å². The van der Waals surface area contributed by atoms with Gasteiger partial charge in [0.2, 0.25) is 5.91 Å². The van der Waals surface area contributed by atoms with Crippen LogP contribution in [-0.2, 0) is 9.53 Å². The van der Waals surface area contributed by atoms with E-state index in [9.17, 15) is 9.59 Å². The van der Waals surface area contributed by atoms with Crippen molar-refractivity contribution >= 4 is 23.2 Å². The third kappa shape index (κ3) is 4.26. The lowest BCUT2D eigenvalue weighted by Gasteiger charge is -2.35. The van der Waals surface area contributed by atoms with Gasteiger partial charge in [-0.2, -0.15) is 16.4 Å². The summed E-state index contributed by atoms with van der Waals surface area (Å²) in [5.74, 6) is -0.204. The molecule has 0 radical (unpaired) electrons. The van der Waals surface area contributed by atoms with E-state index >= 15 is 0 Å². The van der Waals surface area contributed by atoms with Gasteiger partial charge in [-0.3, -0.25) is 14.7 Å². The molecule has 0 aromatic carbocycles. The number of morpholine rings is 1. The number of hydrogen-bond acceptors (Lipinski definition) is 5. The van der Waals surface area contributed by atoms with Gasteiger partial charge in [0.1, 0.15) is 5.69 Å². The number of amides is 2. The fourth-order valence-corrected chi connectivity index (χ4v) is 3.44. The minimum absolute atomic E-state index is 0.0567. The van der Waals surface area contributed by atoms with E-state index in [-0.39, 0.29) is 24.3 Å². The van der Waals surface area contributed by atoms with Crippen LogP contribution in [-0.4, -0.2) is 59.3 Å². The molecule has 0 saturated carbocycles. The summed E-state index contributed by atoms with van der Waals surface area (Å²) in [6.45, 7) is 3.96. The van der Waals surface area contributed by atoms with Gasteiger partial charge in [0.25, 0.3) is 5.91 Å². The molecule has 0 bridgehead atoms. The Morgan fingerprint density at radius 1 is 1.52 bits per heavy atom. The third-order valence-electron chi connectivity index (χ3n) is 4.11. The Hall–Kier alpha value is -2.19. The second-order valence-corrected chi connectivity index (χ2v) is 6.74. The molecule has 0 unspecified atom stereocenters. The largest absolute Gasteiger partial charge is 0.377 e. The van der Waals surface area contributed by atoms with Crippen LogP contribution in [0, 0.1) is 0 Å². The predicted molar refractivity (Wildman–Crippen MR) is 95.5 cm³/mol. The van der Waals surface area contributed by atoms with Crippen LogP contribution in [0.1, 0.15) is 30.3 Å². The molecule has 2 amide bonds. The molecular formula is C17H22N4O3S. The Morgan fingerprint density at radius 2 is 2.40 bits per heavy atom. The molecular weight excluding hydrogens is 340 g/mol. The second kappa shape index (κ2) is 8.26. The van der Waals surface area contributed by atoms with Gasteiger partial charge in [0.05, 0.1) is 24.9 Å². The Labute approximate surface area is 150 Å². The smallest absolute Gasteiger partial charge is 0.272 e. The molecule has 0 aliphatic carbocycles. The number of nitrogens with one attached hydrogen (secondary N) is 2. The molecule has 1 atom stereocenters. The molecule has 7 nitrogen and oxygen atoms in total. The van der Waals surface area contributed by atoms with Crippen molar-refractivity contribution in [2.75, 3.05) is 26.3 Å². The molecule has 1 fully saturated rings. The average Bonchev–Trinajstić information content (AvgIpc) is 3.31. The van der Waals surface area contributed by atoms with E-state index in [1.54, 1.807) is 22.3 Å². The van der Waals surface area contributed by atoms with Crippen LogP contribution in [0.3, 0.4) is 0 Å². The minimum Gasteiger partial charge on any atom is -0.377 e. The van der Waals surface area contributed by atoms with Gasteiger partial charge in [-0.1, -0.05) is 6.92 Å². The SMILES string of the molecule is CCCNC(=O)C[C@H]1COCCN1C(=O)c1cc(-c2ccsc2)n[nH]1. The predicted octanol–water partition coefficient (Wildman–Crippen LogP) is 1.90. The number of thiophene rings is 1. The quantitative estimate of drug-likeness (QED) is 0.822. The van der Waals surface area contributed by atoms with E-state index < -0.39 is 0 Å². The Morgan fingerprint density at radius 3 is 3.16 bits per heavy atom. The summed E-state index contributed by atoms with van der Waals surface area (Å²) in [6.07, 6.45) is 1.13. The second-order valence-electron chi connectivity index (χ2n) is 5.96. The Bertz CT molecular complexity index is 713. The van der Waals surface area contributed by atoms with Crippen molar-refractivity contribution < 1.29 is 14.3 Å². The molecule has 1 saturated heterocycles. The minimum atomic E-state index is -0.258. The molecule has 3 rings (SSSR count). The first-order chi connectivity index (χ1) is 12.2. The van der Waals surface area contributed by atoms with Crippen LogP contribution in [0.15, 0.2) is 22.9 Å². The van der Waals surface area contributed by atoms with E-state index in [1.165, 1.54) is 0 Å². The fraction of sp³-hybridized carbons (Fsp3) is 0.471. The van der Waals surface area contributed by atoms with Gasteiger partial charge >= 0.3 is 0 Å². The number of rotatable bonds is 6. The summed E-state index contributed by atoms with van der Waals surface area (Å²) < 4.78 is 5.47. The zero-order valence-electron chi connectivity index (χ0n) is 14.2. The maximum Gasteiger partial charge on any atom is 0.272 e. The maximum absolute atomic E-state index is 12.9. The van der Waals surface area contributed by atoms with E-state index in [4.69, 9.17) is 4.74 Å². The van der Waals surface area contributed by atoms with Crippen molar-refractivity contribution in [1.29, 1.82) is 0 Å². The summed E-state index contributed by atoms with van der Waals surface area (Å²) >= 11 is 1.58. The summed E-state index contributed by atoms with van der Waals surface area (Å²) in [7, 11) is 0. The zero-order valence-corrected chi connectivity index (χ0v) is 15.0. The fourth-order valence-electron chi connectivity index (χ4n) is 2.79. The highest BCUT2D eigenvalue weighted by Gasteiger charge is 2.30. The molecule has 3 heterocycles. The van der Waals surface area contributed by atoms with Gasteiger partial charge in [-0.25, -0.2) is 0 Å². The normalized spacial score (nSPS) is 17.5. The summed E-state index contributed by atoms with van der Waals surface area (Å²) in [4.78, 5) is 26.6. The molecule has 2 N–H and O–H groups in total. The van der Waals surface area contributed by atoms with Crippen molar-refractivity contribution in [3.05, 3.63) is 28.6 Å². The van der Waals surface area contributed by atoms with Crippen LogP contribution in [0.5, 0.6) is 0 Å². The number of carbonyl (C=O) groups excluding carboxylic acids is 2. The Kier molecular flexibility index (Phi) is 5.83. The maximum atomic E-state index is 12.9. The number of aromatic amines is 1. The number of nitrogens with zero attached hydrogens (tertiary/aromatic N) is 2. The van der Waals surface area contributed by atoms with Crippen LogP contribution < -0.4 is 5.32 Å². The topological polar surface area (TPSA) is 87.3 Å². The van der Waals surface area contributed by atoms with Crippen molar-refractivity contribution in [3.8, 4) is 11.3 Å². The van der Waals surface area contributed by atoms with Crippen molar-refractivity contribution in [1.82, 2.24) is 20.4 Å². The van der Waals surface area contributed by atoms with Gasteiger partial charge in [-0.15, -0.1) is 0 Å². The van der Waals surface area contributed by atoms with Crippen LogP contribution in [0.4, 0.5) is 0 Å². The molecule has 0 spiro atoms. The van der Waals surface area contributed by atoms with Crippen molar-refractivity contribution in [3.63, 3.8) is 0 Å². The lowest BCUT2D eigenvalue weighted by atomic mass is 10.1. The number of hydrogen-bond donors (Lipinski definition) is 2. The first kappa shape index (κ1) is 17.6. The summed E-state index contributed by atoms with van der Waals surface area (Å²) in [5, 5.41) is 13.9. The lowest BCUT2D eigenvalue weighted by Crippen LogP contribution is -2.50. The number of aromatic nitrogens is 2. The van der Waals surface area contributed by atoms with Gasteiger partial charge < -0.3 is 15.0 Å². The highest BCUT2D eigenvalue weighted by Crippen LogP contribution is 2.22. The van der Waals surface area contributed by atoms with E-state index in [0.29, 0.717) is 32.0 Å². The van der Waals surface area contributed by atoms with Gasteiger partial charge in [-0.05, 0) is 23.9 Å². The number of ether oxygens (including phenoxy) is 1. The molecule has 134 valence electrons. The first-order valence-corrected chi connectivity index (χ1v) is 9.36. The molecule has 8 heteroatoms. The zero-order chi connectivity index (χ0) is 17.6. The van der Waals surface area contributed by atoms with E-state index in [0.717, 1.165) is 17.7 Å². The van der Waals surface area contributed by atoms with E-state index in [2.05, 4.69) is 15.5 Å². The molecule has 1 aliphatic heterocycles. The van der Waals surface area contributed by atoms with Crippen molar-refractivity contribution in [2.24, 2.45) is 0 Å². The highest BCUT2D eigenvalue weighted by atomic mass is 32.1. The molecule has 1 aliphatic rings. The summed E-state index contributed by atoms with van der Waals surface area (Å²) in [6, 6.07) is 3.46. The van der Waals surface area contributed by atoms with Crippen LogP contribution >= 0.6 is 11.3 Å². The van der Waals surface area contributed by atoms with Gasteiger partial charge in [0, 0.05) is 30.5 Å². The molecule has 25 heavy (non-hydrogen) atoms. The third-order valence-corrected chi connectivity index (χ3v) is 4.79. The van der Waals surface area contributed by atoms with Crippen LogP contribution in [0.25, 0.3) is 11.3 Å². The standard InChI is InChI=1S/C17H22N4O3S/c1-2-4-18-16(22)8-13-10-24-6-5-21(13)17(23)15-9-14(19-20-15)12-3-7-25-11-12/h3,7,9,11,13H,2,4-6,8,10H2,1H3,(H,18,22)(H,19,20)/t13-/m0/s1. The average molecular weight is 362 g/mol. The molecule has 2 aromatic heterocycles. The first-order valence-electron chi connectivity index (χ1n) is 8.42.